The van der Waals surface area contributed by atoms with E-state index in [4.69, 9.17) is 0 Å². The molecule has 8 heteroatoms. The first-order valence-corrected chi connectivity index (χ1v) is 10.5. The fourth-order valence-corrected chi connectivity index (χ4v) is 5.05. The molecule has 25 heavy (non-hydrogen) atoms. The first kappa shape index (κ1) is 17.6. The van der Waals surface area contributed by atoms with Crippen LogP contribution in [0.5, 0.6) is 0 Å². The van der Waals surface area contributed by atoms with E-state index >= 15 is 0 Å². The molecule has 2 aromatic rings. The minimum Gasteiger partial charge on any atom is -0.350 e. The molecule has 6 nitrogen and oxygen atoms in total. The van der Waals surface area contributed by atoms with E-state index in [1.165, 1.54) is 11.3 Å². The zero-order valence-corrected chi connectivity index (χ0v) is 15.0. The van der Waals surface area contributed by atoms with Crippen LogP contribution in [0.3, 0.4) is 0 Å². The summed E-state index contributed by atoms with van der Waals surface area (Å²) in [5.41, 5.74) is 0.644. The predicted octanol–water partition coefficient (Wildman–Crippen LogP) is 1.52. The number of thiophene rings is 1. The second kappa shape index (κ2) is 7.37. The first-order valence-electron chi connectivity index (χ1n) is 7.85. The molecule has 2 heterocycles. The maximum absolute atomic E-state index is 12.7. The zero-order valence-electron chi connectivity index (χ0n) is 13.3. The lowest BCUT2D eigenvalue weighted by molar-refractivity contribution is -0.123. The Labute approximate surface area is 150 Å². The third-order valence-electron chi connectivity index (χ3n) is 3.99. The maximum atomic E-state index is 12.7. The molecule has 0 aliphatic carbocycles. The van der Waals surface area contributed by atoms with Gasteiger partial charge in [-0.25, -0.2) is 8.42 Å². The molecule has 0 radical (unpaired) electrons. The van der Waals surface area contributed by atoms with Crippen molar-refractivity contribution in [2.75, 3.05) is 11.5 Å². The highest BCUT2D eigenvalue weighted by atomic mass is 32.2. The van der Waals surface area contributed by atoms with Crippen LogP contribution in [0.1, 0.15) is 27.7 Å². The number of sulfone groups is 1. The summed E-state index contributed by atoms with van der Waals surface area (Å²) in [4.78, 5) is 25.6. The molecular formula is C17H18N2O4S2. The van der Waals surface area contributed by atoms with Gasteiger partial charge < -0.3 is 10.6 Å². The van der Waals surface area contributed by atoms with Gasteiger partial charge in [0.15, 0.2) is 9.84 Å². The van der Waals surface area contributed by atoms with Gasteiger partial charge >= 0.3 is 0 Å². The molecule has 0 saturated carbocycles. The summed E-state index contributed by atoms with van der Waals surface area (Å²) in [6, 6.07) is 11.1. The Morgan fingerprint density at radius 1 is 1.12 bits per heavy atom. The van der Waals surface area contributed by atoms with E-state index in [1.54, 1.807) is 41.8 Å². The SMILES string of the molecule is O=C(N[C@@H](C(=O)N[C@H]1CCS(=O)(=O)C1)c1ccccc1)c1cccs1. The molecule has 132 valence electrons. The van der Waals surface area contributed by atoms with E-state index in [0.717, 1.165) is 0 Å². The van der Waals surface area contributed by atoms with Crippen LogP contribution in [0.15, 0.2) is 47.8 Å². The van der Waals surface area contributed by atoms with E-state index in [-0.39, 0.29) is 17.4 Å². The molecule has 1 aliphatic rings. The Morgan fingerprint density at radius 2 is 1.88 bits per heavy atom. The summed E-state index contributed by atoms with van der Waals surface area (Å²) in [6.07, 6.45) is 0.397. The van der Waals surface area contributed by atoms with Crippen LogP contribution in [0.4, 0.5) is 0 Å². The summed E-state index contributed by atoms with van der Waals surface area (Å²) < 4.78 is 23.2. The van der Waals surface area contributed by atoms with Gasteiger partial charge in [-0.3, -0.25) is 9.59 Å². The quantitative estimate of drug-likeness (QED) is 0.825. The summed E-state index contributed by atoms with van der Waals surface area (Å²) in [6.45, 7) is 0. The number of carbonyl (C=O) groups excluding carboxylic acids is 2. The van der Waals surface area contributed by atoms with Crippen LogP contribution < -0.4 is 10.6 Å². The van der Waals surface area contributed by atoms with Crippen molar-refractivity contribution < 1.29 is 18.0 Å². The van der Waals surface area contributed by atoms with Crippen molar-refractivity contribution in [2.45, 2.75) is 18.5 Å². The standard InChI is InChI=1S/C17H18N2O4S2/c20-16(14-7-4-9-24-14)19-15(12-5-2-1-3-6-12)17(21)18-13-8-10-25(22,23)11-13/h1-7,9,13,15H,8,10-11H2,(H,18,21)(H,19,20)/t13-,15+/m0/s1. The summed E-state index contributed by atoms with van der Waals surface area (Å²) in [5.74, 6) is -0.717. The normalized spacial score (nSPS) is 19.9. The number of rotatable bonds is 5. The molecule has 1 aromatic heterocycles. The van der Waals surface area contributed by atoms with Crippen LogP contribution in [-0.4, -0.2) is 37.8 Å². The number of hydrogen-bond donors (Lipinski definition) is 2. The van der Waals surface area contributed by atoms with E-state index in [0.29, 0.717) is 16.9 Å². The van der Waals surface area contributed by atoms with Crippen LogP contribution >= 0.6 is 11.3 Å². The highest BCUT2D eigenvalue weighted by Crippen LogP contribution is 2.18. The van der Waals surface area contributed by atoms with Gasteiger partial charge in [0.05, 0.1) is 16.4 Å². The van der Waals surface area contributed by atoms with Crippen molar-refractivity contribution >= 4 is 33.0 Å². The molecule has 1 aliphatic heterocycles. The average Bonchev–Trinajstić information content (AvgIpc) is 3.23. The minimum atomic E-state index is -3.09. The van der Waals surface area contributed by atoms with Crippen molar-refractivity contribution in [3.8, 4) is 0 Å². The van der Waals surface area contributed by atoms with Gasteiger partial charge in [0.25, 0.3) is 5.91 Å². The monoisotopic (exact) mass is 378 g/mol. The smallest absolute Gasteiger partial charge is 0.262 e. The van der Waals surface area contributed by atoms with Gasteiger partial charge in [-0.05, 0) is 23.4 Å². The predicted molar refractivity (Wildman–Crippen MR) is 96.2 cm³/mol. The molecule has 3 rings (SSSR count). The van der Waals surface area contributed by atoms with Gasteiger partial charge in [0.2, 0.25) is 5.91 Å². The maximum Gasteiger partial charge on any atom is 0.262 e. The zero-order chi connectivity index (χ0) is 17.9. The average molecular weight is 378 g/mol. The summed E-state index contributed by atoms with van der Waals surface area (Å²) >= 11 is 1.29. The molecule has 2 N–H and O–H groups in total. The van der Waals surface area contributed by atoms with Crippen molar-refractivity contribution in [1.82, 2.24) is 10.6 Å². The number of benzene rings is 1. The molecule has 0 spiro atoms. The number of hydrogen-bond acceptors (Lipinski definition) is 5. The fourth-order valence-electron chi connectivity index (χ4n) is 2.75. The Balaban J connectivity index is 1.76. The number of nitrogens with one attached hydrogen (secondary N) is 2. The van der Waals surface area contributed by atoms with Gasteiger partial charge in [-0.2, -0.15) is 0 Å². The first-order chi connectivity index (χ1) is 11.9. The largest absolute Gasteiger partial charge is 0.350 e. The molecule has 2 amide bonds. The summed E-state index contributed by atoms with van der Waals surface area (Å²) in [7, 11) is -3.09. The summed E-state index contributed by atoms with van der Waals surface area (Å²) in [5, 5.41) is 7.28. The minimum absolute atomic E-state index is 0.0564. The van der Waals surface area contributed by atoms with Gasteiger partial charge in [0, 0.05) is 6.04 Å². The van der Waals surface area contributed by atoms with Gasteiger partial charge in [0.1, 0.15) is 6.04 Å². The third-order valence-corrected chi connectivity index (χ3v) is 6.63. The lowest BCUT2D eigenvalue weighted by Crippen LogP contribution is -2.44. The van der Waals surface area contributed by atoms with Crippen molar-refractivity contribution in [3.63, 3.8) is 0 Å². The second-order valence-electron chi connectivity index (χ2n) is 5.90. The molecule has 0 bridgehead atoms. The molecular weight excluding hydrogens is 360 g/mol. The number of amides is 2. The van der Waals surface area contributed by atoms with Crippen LogP contribution in [0, 0.1) is 0 Å². The van der Waals surface area contributed by atoms with E-state index < -0.39 is 27.8 Å². The fraction of sp³-hybridized carbons (Fsp3) is 0.294. The lowest BCUT2D eigenvalue weighted by Gasteiger charge is -2.20. The molecule has 1 saturated heterocycles. The van der Waals surface area contributed by atoms with Crippen LogP contribution in [-0.2, 0) is 14.6 Å². The Hall–Kier alpha value is -2.19. The van der Waals surface area contributed by atoms with Crippen LogP contribution in [0.2, 0.25) is 0 Å². The van der Waals surface area contributed by atoms with Crippen molar-refractivity contribution in [3.05, 3.63) is 58.3 Å². The molecule has 1 aromatic carbocycles. The van der Waals surface area contributed by atoms with E-state index in [1.807, 2.05) is 6.07 Å². The van der Waals surface area contributed by atoms with Crippen molar-refractivity contribution in [2.24, 2.45) is 0 Å². The van der Waals surface area contributed by atoms with E-state index in [2.05, 4.69) is 10.6 Å². The topological polar surface area (TPSA) is 92.3 Å². The second-order valence-corrected chi connectivity index (χ2v) is 9.08. The highest BCUT2D eigenvalue weighted by Gasteiger charge is 2.32. The Morgan fingerprint density at radius 3 is 2.48 bits per heavy atom. The van der Waals surface area contributed by atoms with Crippen molar-refractivity contribution in [1.29, 1.82) is 0 Å². The Bertz CT molecular complexity index is 848. The lowest BCUT2D eigenvalue weighted by atomic mass is 10.1. The third kappa shape index (κ3) is 4.46. The highest BCUT2D eigenvalue weighted by molar-refractivity contribution is 7.91. The molecule has 2 atom stereocenters. The van der Waals surface area contributed by atoms with Gasteiger partial charge in [-0.1, -0.05) is 36.4 Å². The molecule has 0 unspecified atom stereocenters. The Kier molecular flexibility index (Phi) is 5.19. The van der Waals surface area contributed by atoms with Gasteiger partial charge in [-0.15, -0.1) is 11.3 Å². The van der Waals surface area contributed by atoms with E-state index in [9.17, 15) is 18.0 Å². The number of carbonyl (C=O) groups is 2. The molecule has 1 fully saturated rings. The van der Waals surface area contributed by atoms with Crippen LogP contribution in [0.25, 0.3) is 0 Å².